The van der Waals surface area contributed by atoms with E-state index in [0.717, 1.165) is 0 Å². The highest BCUT2D eigenvalue weighted by Crippen LogP contribution is 1.87. The van der Waals surface area contributed by atoms with Gasteiger partial charge in [-0.2, -0.15) is 0 Å². The van der Waals surface area contributed by atoms with Crippen LogP contribution in [0.25, 0.3) is 0 Å². The number of nitrogens with one attached hydrogen (secondary N) is 1. The van der Waals surface area contributed by atoms with Gasteiger partial charge >= 0.3 is 5.97 Å². The van der Waals surface area contributed by atoms with E-state index in [2.05, 4.69) is 10.3 Å². The summed E-state index contributed by atoms with van der Waals surface area (Å²) in [4.78, 5) is 13.8. The molecule has 0 aliphatic heterocycles. The summed E-state index contributed by atoms with van der Waals surface area (Å²) in [6.45, 7) is 0.290. The van der Waals surface area contributed by atoms with Gasteiger partial charge in [-0.25, -0.2) is 0 Å². The molecule has 0 aromatic carbocycles. The summed E-state index contributed by atoms with van der Waals surface area (Å²) in [5, 5.41) is 11.1. The Balaban J connectivity index is 3.66. The number of nitrogens with two attached hydrogens (primary N) is 1. The quantitative estimate of drug-likeness (QED) is 0.356. The maximum absolute atomic E-state index is 10.2. The molecule has 0 radical (unpaired) electrons. The molecule has 1 unspecified atom stereocenters. The predicted molar refractivity (Wildman–Crippen MR) is 42.6 cm³/mol. The van der Waals surface area contributed by atoms with Gasteiger partial charge in [0.2, 0.25) is 0 Å². The third-order valence-electron chi connectivity index (χ3n) is 1.14. The monoisotopic (exact) mass is 159 g/mol. The van der Waals surface area contributed by atoms with Crippen molar-refractivity contribution >= 4 is 12.3 Å². The predicted octanol–water partition coefficient (Wildman–Crippen LogP) is -0.964. The highest BCUT2D eigenvalue weighted by atomic mass is 16.4. The van der Waals surface area contributed by atoms with Gasteiger partial charge in [-0.3, -0.25) is 9.79 Å². The Bertz CT molecular complexity index is 147. The van der Waals surface area contributed by atoms with Crippen LogP contribution in [0.1, 0.15) is 6.42 Å². The lowest BCUT2D eigenvalue weighted by molar-refractivity contribution is -0.137. The van der Waals surface area contributed by atoms with Crippen molar-refractivity contribution in [3.63, 3.8) is 0 Å². The van der Waals surface area contributed by atoms with Crippen LogP contribution in [0.2, 0.25) is 0 Å². The molecular formula is C6H13N3O2. The minimum atomic E-state index is -0.863. The molecule has 0 aliphatic carbocycles. The Labute approximate surface area is 65.3 Å². The van der Waals surface area contributed by atoms with Gasteiger partial charge in [0.05, 0.1) is 12.8 Å². The zero-order chi connectivity index (χ0) is 8.69. The fourth-order valence-electron chi connectivity index (χ4n) is 0.601. The lowest BCUT2D eigenvalue weighted by Gasteiger charge is -2.10. The van der Waals surface area contributed by atoms with Gasteiger partial charge < -0.3 is 16.2 Å². The minimum absolute atomic E-state index is 0.0164. The maximum Gasteiger partial charge on any atom is 0.305 e. The second-order valence-electron chi connectivity index (χ2n) is 2.08. The number of nitrogens with zero attached hydrogens (tertiary/aromatic N) is 1. The van der Waals surface area contributed by atoms with E-state index in [9.17, 15) is 4.79 Å². The van der Waals surface area contributed by atoms with E-state index in [4.69, 9.17) is 10.8 Å². The normalized spacial score (nSPS) is 13.3. The molecule has 0 saturated heterocycles. The van der Waals surface area contributed by atoms with Crippen molar-refractivity contribution in [2.24, 2.45) is 10.7 Å². The number of carboxylic acids is 1. The molecule has 0 spiro atoms. The van der Waals surface area contributed by atoms with Crippen LogP contribution in [-0.2, 0) is 4.79 Å². The number of aliphatic carboxylic acids is 1. The van der Waals surface area contributed by atoms with Crippen molar-refractivity contribution in [3.8, 4) is 0 Å². The number of carboxylic acid groups (broad SMARTS) is 1. The summed E-state index contributed by atoms with van der Waals surface area (Å²) in [5.74, 6) is -0.863. The number of hydrogen-bond donors (Lipinski definition) is 3. The van der Waals surface area contributed by atoms with E-state index >= 15 is 0 Å². The van der Waals surface area contributed by atoms with E-state index in [1.807, 2.05) is 0 Å². The zero-order valence-corrected chi connectivity index (χ0v) is 6.45. The van der Waals surface area contributed by atoms with Crippen LogP contribution in [-0.4, -0.2) is 37.0 Å². The molecule has 0 heterocycles. The maximum atomic E-state index is 10.2. The van der Waals surface area contributed by atoms with Gasteiger partial charge in [0.1, 0.15) is 0 Å². The van der Waals surface area contributed by atoms with Crippen molar-refractivity contribution in [2.75, 3.05) is 13.6 Å². The second kappa shape index (κ2) is 5.67. The lowest BCUT2D eigenvalue weighted by Crippen LogP contribution is -2.36. The number of carbonyl (C=O) groups is 1. The van der Waals surface area contributed by atoms with Crippen molar-refractivity contribution in [1.29, 1.82) is 0 Å². The lowest BCUT2D eigenvalue weighted by atomic mass is 10.2. The molecule has 0 saturated carbocycles. The average Bonchev–Trinajstić information content (AvgIpc) is 1.97. The van der Waals surface area contributed by atoms with Crippen molar-refractivity contribution in [2.45, 2.75) is 12.5 Å². The average molecular weight is 159 g/mol. The van der Waals surface area contributed by atoms with E-state index < -0.39 is 5.97 Å². The first-order valence-electron chi connectivity index (χ1n) is 3.29. The fourth-order valence-corrected chi connectivity index (χ4v) is 0.601. The largest absolute Gasteiger partial charge is 0.481 e. The fraction of sp³-hybridized carbons (Fsp3) is 0.667. The Kier molecular flexibility index (Phi) is 5.10. The molecule has 0 bridgehead atoms. The van der Waals surface area contributed by atoms with Crippen LogP contribution in [0.3, 0.4) is 0 Å². The van der Waals surface area contributed by atoms with Gasteiger partial charge in [0.15, 0.2) is 0 Å². The molecule has 5 nitrogen and oxygen atoms in total. The third kappa shape index (κ3) is 5.35. The molecular weight excluding hydrogens is 146 g/mol. The van der Waals surface area contributed by atoms with Crippen LogP contribution >= 0.6 is 0 Å². The molecule has 64 valence electrons. The summed E-state index contributed by atoms with van der Waals surface area (Å²) in [5.41, 5.74) is 5.27. The first kappa shape index (κ1) is 9.90. The highest BCUT2D eigenvalue weighted by molar-refractivity contribution is 5.68. The molecule has 11 heavy (non-hydrogen) atoms. The van der Waals surface area contributed by atoms with Gasteiger partial charge in [0.25, 0.3) is 0 Å². The molecule has 0 rings (SSSR count). The Morgan fingerprint density at radius 2 is 2.55 bits per heavy atom. The Morgan fingerprint density at radius 3 is 2.91 bits per heavy atom. The molecule has 0 amide bonds. The van der Waals surface area contributed by atoms with E-state index in [-0.39, 0.29) is 12.5 Å². The van der Waals surface area contributed by atoms with Crippen LogP contribution < -0.4 is 11.1 Å². The molecule has 4 N–H and O–H groups in total. The second-order valence-corrected chi connectivity index (χ2v) is 2.08. The summed E-state index contributed by atoms with van der Waals surface area (Å²) >= 11 is 0. The molecule has 0 fully saturated rings. The molecule has 0 aromatic heterocycles. The Morgan fingerprint density at radius 1 is 1.91 bits per heavy atom. The third-order valence-corrected chi connectivity index (χ3v) is 1.14. The summed E-state index contributed by atoms with van der Waals surface area (Å²) in [6.07, 6.45) is 1.46. The van der Waals surface area contributed by atoms with Crippen LogP contribution in [0.5, 0.6) is 0 Å². The van der Waals surface area contributed by atoms with Crippen molar-refractivity contribution in [3.05, 3.63) is 0 Å². The molecule has 5 heteroatoms. The minimum Gasteiger partial charge on any atom is -0.481 e. The SMILES string of the molecule is CN=CNC(CN)CC(=O)O. The topological polar surface area (TPSA) is 87.7 Å². The van der Waals surface area contributed by atoms with Crippen LogP contribution in [0, 0.1) is 0 Å². The van der Waals surface area contributed by atoms with E-state index in [1.165, 1.54) is 6.34 Å². The number of rotatable bonds is 5. The van der Waals surface area contributed by atoms with Crippen molar-refractivity contribution in [1.82, 2.24) is 5.32 Å². The number of hydrogen-bond acceptors (Lipinski definition) is 3. The van der Waals surface area contributed by atoms with E-state index in [1.54, 1.807) is 7.05 Å². The molecule has 1 atom stereocenters. The summed E-state index contributed by atoms with van der Waals surface area (Å²) < 4.78 is 0. The molecule has 0 aliphatic rings. The smallest absolute Gasteiger partial charge is 0.305 e. The zero-order valence-electron chi connectivity index (χ0n) is 6.45. The van der Waals surface area contributed by atoms with Crippen LogP contribution in [0.15, 0.2) is 4.99 Å². The molecule has 0 aromatic rings. The first-order valence-corrected chi connectivity index (χ1v) is 3.29. The summed E-state index contributed by atoms with van der Waals surface area (Å²) in [7, 11) is 1.60. The highest BCUT2D eigenvalue weighted by Gasteiger charge is 2.08. The van der Waals surface area contributed by atoms with Gasteiger partial charge in [-0.1, -0.05) is 0 Å². The summed E-state index contributed by atoms with van der Waals surface area (Å²) in [6, 6.07) is -0.226. The first-order chi connectivity index (χ1) is 5.20. The standard InChI is InChI=1S/C6H13N3O2/c1-8-4-9-5(3-7)2-6(10)11/h4-5H,2-3,7H2,1H3,(H,8,9)(H,10,11). The van der Waals surface area contributed by atoms with Crippen LogP contribution in [0.4, 0.5) is 0 Å². The number of aliphatic imine (C=N–C) groups is 1. The Hall–Kier alpha value is -1.10. The van der Waals surface area contributed by atoms with E-state index in [0.29, 0.717) is 6.54 Å². The van der Waals surface area contributed by atoms with Gasteiger partial charge in [0, 0.05) is 19.6 Å². The van der Waals surface area contributed by atoms with Gasteiger partial charge in [-0.15, -0.1) is 0 Å². The van der Waals surface area contributed by atoms with Crippen molar-refractivity contribution < 1.29 is 9.90 Å². The van der Waals surface area contributed by atoms with Gasteiger partial charge in [-0.05, 0) is 0 Å².